The largest absolute Gasteiger partial charge is 0.347 e. The summed E-state index contributed by atoms with van der Waals surface area (Å²) in [5, 5.41) is 5.11. The van der Waals surface area contributed by atoms with Gasteiger partial charge < -0.3 is 10.6 Å². The van der Waals surface area contributed by atoms with Gasteiger partial charge in [-0.2, -0.15) is 0 Å². The molecule has 2 N–H and O–H groups in total. The first-order valence-corrected chi connectivity index (χ1v) is 9.64. The van der Waals surface area contributed by atoms with Crippen molar-refractivity contribution in [1.82, 2.24) is 15.3 Å². The fraction of sp³-hybridized carbons (Fsp3) is 0.312. The zero-order valence-electron chi connectivity index (χ0n) is 13.8. The summed E-state index contributed by atoms with van der Waals surface area (Å²) in [6.07, 6.45) is 0.337. The molecule has 1 atom stereocenters. The van der Waals surface area contributed by atoms with Crippen molar-refractivity contribution < 1.29 is 22.0 Å². The van der Waals surface area contributed by atoms with Crippen LogP contribution in [0, 0.1) is 18.6 Å². The second kappa shape index (κ2) is 6.94. The molecule has 1 aliphatic heterocycles. The van der Waals surface area contributed by atoms with Crippen LogP contribution < -0.4 is 10.6 Å². The minimum atomic E-state index is -3.13. The van der Waals surface area contributed by atoms with Crippen LogP contribution in [0.1, 0.15) is 22.7 Å². The van der Waals surface area contributed by atoms with Crippen LogP contribution in [-0.2, 0) is 9.84 Å². The van der Waals surface area contributed by atoms with Gasteiger partial charge in [0.05, 0.1) is 11.5 Å². The lowest BCUT2D eigenvalue weighted by atomic mass is 10.2. The molecule has 1 aromatic carbocycles. The number of para-hydroxylation sites is 1. The molecule has 1 fully saturated rings. The summed E-state index contributed by atoms with van der Waals surface area (Å²) < 4.78 is 50.5. The number of aryl methyl sites for hydroxylation is 1. The first kappa shape index (κ1) is 18.2. The molecule has 2 aromatic rings. The van der Waals surface area contributed by atoms with Crippen LogP contribution in [0.5, 0.6) is 0 Å². The van der Waals surface area contributed by atoms with Gasteiger partial charge >= 0.3 is 0 Å². The van der Waals surface area contributed by atoms with Crippen LogP contribution >= 0.6 is 0 Å². The van der Waals surface area contributed by atoms with Crippen LogP contribution in [0.4, 0.5) is 20.3 Å². The third kappa shape index (κ3) is 4.13. The summed E-state index contributed by atoms with van der Waals surface area (Å²) in [5.41, 5.74) is -0.417. The summed E-state index contributed by atoms with van der Waals surface area (Å²) in [5.74, 6) is -2.00. The van der Waals surface area contributed by atoms with Crippen LogP contribution in [0.15, 0.2) is 24.3 Å². The molecule has 0 radical (unpaired) electrons. The number of amides is 1. The second-order valence-electron chi connectivity index (χ2n) is 5.98. The van der Waals surface area contributed by atoms with Gasteiger partial charge in [0.1, 0.15) is 34.7 Å². The lowest BCUT2D eigenvalue weighted by Gasteiger charge is -2.12. The number of rotatable bonds is 4. The molecule has 2 heterocycles. The maximum absolute atomic E-state index is 13.8. The van der Waals surface area contributed by atoms with Crippen LogP contribution in [0.25, 0.3) is 0 Å². The lowest BCUT2D eigenvalue weighted by Crippen LogP contribution is -2.36. The summed E-state index contributed by atoms with van der Waals surface area (Å²) in [7, 11) is -3.13. The first-order chi connectivity index (χ1) is 12.2. The SMILES string of the molecule is Cc1nc(Nc2c(F)cccc2F)cc(C(=O)NC2CCS(=O)(=O)C2)n1. The zero-order valence-corrected chi connectivity index (χ0v) is 14.6. The molecule has 1 unspecified atom stereocenters. The number of hydrogen-bond donors (Lipinski definition) is 2. The Labute approximate surface area is 148 Å². The normalized spacial score (nSPS) is 18.5. The first-order valence-electron chi connectivity index (χ1n) is 7.81. The predicted molar refractivity (Wildman–Crippen MR) is 90.9 cm³/mol. The lowest BCUT2D eigenvalue weighted by molar-refractivity contribution is 0.0935. The summed E-state index contributed by atoms with van der Waals surface area (Å²) in [6, 6.07) is 4.18. The highest BCUT2D eigenvalue weighted by Crippen LogP contribution is 2.22. The van der Waals surface area contributed by atoms with Crippen molar-refractivity contribution in [1.29, 1.82) is 0 Å². The minimum Gasteiger partial charge on any atom is -0.347 e. The van der Waals surface area contributed by atoms with E-state index in [1.807, 2.05) is 0 Å². The molecule has 138 valence electrons. The number of anilines is 2. The van der Waals surface area contributed by atoms with Crippen LogP contribution in [-0.4, -0.2) is 41.8 Å². The van der Waals surface area contributed by atoms with E-state index in [0.29, 0.717) is 6.42 Å². The van der Waals surface area contributed by atoms with Crippen molar-refractivity contribution in [3.05, 3.63) is 47.4 Å². The van der Waals surface area contributed by atoms with E-state index in [0.717, 1.165) is 12.1 Å². The van der Waals surface area contributed by atoms with Gasteiger partial charge in [-0.25, -0.2) is 27.2 Å². The number of benzene rings is 1. The zero-order chi connectivity index (χ0) is 18.9. The number of sulfone groups is 1. The quantitative estimate of drug-likeness (QED) is 0.835. The number of carbonyl (C=O) groups is 1. The molecule has 7 nitrogen and oxygen atoms in total. The smallest absolute Gasteiger partial charge is 0.270 e. The van der Waals surface area contributed by atoms with E-state index in [-0.39, 0.29) is 34.5 Å². The number of nitrogens with zero attached hydrogens (tertiary/aromatic N) is 2. The van der Waals surface area contributed by atoms with Gasteiger partial charge in [-0.1, -0.05) is 6.07 Å². The van der Waals surface area contributed by atoms with E-state index in [2.05, 4.69) is 20.6 Å². The molecule has 1 saturated heterocycles. The number of carbonyl (C=O) groups excluding carboxylic acids is 1. The Bertz CT molecular complexity index is 946. The number of nitrogens with one attached hydrogen (secondary N) is 2. The molecule has 0 spiro atoms. The van der Waals surface area contributed by atoms with Gasteiger partial charge in [0.2, 0.25) is 0 Å². The number of halogens is 2. The molecule has 0 saturated carbocycles. The Morgan fingerprint density at radius 1 is 1.23 bits per heavy atom. The van der Waals surface area contributed by atoms with Gasteiger partial charge in [-0.05, 0) is 25.5 Å². The average molecular weight is 382 g/mol. The fourth-order valence-corrected chi connectivity index (χ4v) is 4.33. The van der Waals surface area contributed by atoms with Gasteiger partial charge in [0, 0.05) is 12.1 Å². The van der Waals surface area contributed by atoms with Crippen LogP contribution in [0.3, 0.4) is 0 Å². The third-order valence-corrected chi connectivity index (χ3v) is 5.62. The van der Waals surface area contributed by atoms with Crippen molar-refractivity contribution in [3.63, 3.8) is 0 Å². The topological polar surface area (TPSA) is 101 Å². The molecule has 1 aliphatic rings. The van der Waals surface area contributed by atoms with Gasteiger partial charge in [0.15, 0.2) is 9.84 Å². The second-order valence-corrected chi connectivity index (χ2v) is 8.21. The Kier molecular flexibility index (Phi) is 4.86. The highest BCUT2D eigenvalue weighted by Gasteiger charge is 2.29. The van der Waals surface area contributed by atoms with Crippen molar-refractivity contribution in [2.24, 2.45) is 0 Å². The molecule has 1 amide bonds. The highest BCUT2D eigenvalue weighted by atomic mass is 32.2. The predicted octanol–water partition coefficient (Wildman–Crippen LogP) is 1.72. The molecular weight excluding hydrogens is 366 g/mol. The summed E-state index contributed by atoms with van der Waals surface area (Å²) >= 11 is 0. The van der Waals surface area contributed by atoms with E-state index in [1.165, 1.54) is 19.1 Å². The molecule has 0 bridgehead atoms. The number of aromatic nitrogens is 2. The van der Waals surface area contributed by atoms with E-state index in [9.17, 15) is 22.0 Å². The Hall–Kier alpha value is -2.62. The van der Waals surface area contributed by atoms with Crippen molar-refractivity contribution in [2.75, 3.05) is 16.8 Å². The van der Waals surface area contributed by atoms with E-state index in [1.54, 1.807) is 0 Å². The monoisotopic (exact) mass is 382 g/mol. The highest BCUT2D eigenvalue weighted by molar-refractivity contribution is 7.91. The molecule has 10 heteroatoms. The fourth-order valence-electron chi connectivity index (χ4n) is 2.66. The molecule has 26 heavy (non-hydrogen) atoms. The Balaban J connectivity index is 1.80. The van der Waals surface area contributed by atoms with Crippen molar-refractivity contribution in [2.45, 2.75) is 19.4 Å². The van der Waals surface area contributed by atoms with Crippen molar-refractivity contribution in [3.8, 4) is 0 Å². The summed E-state index contributed by atoms with van der Waals surface area (Å²) in [4.78, 5) is 20.3. The van der Waals surface area contributed by atoms with Gasteiger partial charge in [-0.3, -0.25) is 4.79 Å². The molecule has 3 rings (SSSR count). The maximum Gasteiger partial charge on any atom is 0.270 e. The van der Waals surface area contributed by atoms with E-state index >= 15 is 0 Å². The Morgan fingerprint density at radius 2 is 1.92 bits per heavy atom. The maximum atomic E-state index is 13.8. The van der Waals surface area contributed by atoms with E-state index < -0.39 is 33.4 Å². The van der Waals surface area contributed by atoms with Crippen molar-refractivity contribution >= 4 is 27.2 Å². The Morgan fingerprint density at radius 3 is 2.54 bits per heavy atom. The van der Waals surface area contributed by atoms with Gasteiger partial charge in [0.25, 0.3) is 5.91 Å². The van der Waals surface area contributed by atoms with E-state index in [4.69, 9.17) is 0 Å². The number of hydrogen-bond acceptors (Lipinski definition) is 6. The van der Waals surface area contributed by atoms with Gasteiger partial charge in [-0.15, -0.1) is 0 Å². The summed E-state index contributed by atoms with van der Waals surface area (Å²) in [6.45, 7) is 1.53. The third-order valence-electron chi connectivity index (χ3n) is 3.85. The minimum absolute atomic E-state index is 0.0268. The standard InChI is InChI=1S/C16H16F2N4O3S/c1-9-19-13(16(23)21-10-5-6-26(24,25)8-10)7-14(20-9)22-15-11(17)3-2-4-12(15)18/h2-4,7,10H,5-6,8H2,1H3,(H,21,23)(H,19,20,22). The molecule has 0 aliphatic carbocycles. The average Bonchev–Trinajstić information content (AvgIpc) is 2.89. The molecule has 1 aromatic heterocycles. The van der Waals surface area contributed by atoms with Crippen LogP contribution in [0.2, 0.25) is 0 Å². The molecular formula is C16H16F2N4O3S.